The Morgan fingerprint density at radius 1 is 1.17 bits per heavy atom. The predicted molar refractivity (Wildman–Crippen MR) is 153 cm³/mol. The molecule has 1 saturated heterocycles. The van der Waals surface area contributed by atoms with Crippen molar-refractivity contribution in [1.82, 2.24) is 24.3 Å². The number of amides is 1. The maximum Gasteiger partial charge on any atom is 0.272 e. The molecule has 1 atom stereocenters. The fraction of sp³-hybridized carbons (Fsp3) is 0.484. The van der Waals surface area contributed by atoms with Crippen LogP contribution in [0, 0.1) is 11.3 Å². The number of nitriles is 1. The molecule has 2 aromatic heterocycles. The molecule has 6 rings (SSSR count). The molecule has 3 aliphatic rings. The van der Waals surface area contributed by atoms with Gasteiger partial charge in [-0.15, -0.1) is 0 Å². The lowest BCUT2D eigenvalue weighted by molar-refractivity contribution is -0.134. The molecule has 1 aromatic carbocycles. The number of pyridine rings is 1. The molecule has 1 aliphatic carbocycles. The van der Waals surface area contributed by atoms with Gasteiger partial charge >= 0.3 is 0 Å². The van der Waals surface area contributed by atoms with Crippen LogP contribution in [0.2, 0.25) is 0 Å². The van der Waals surface area contributed by atoms with Crippen molar-refractivity contribution in [2.24, 2.45) is 0 Å². The fourth-order valence-corrected chi connectivity index (χ4v) is 6.76. The Labute approximate surface area is 244 Å². The van der Waals surface area contributed by atoms with Crippen molar-refractivity contribution in [3.8, 4) is 11.8 Å². The molecule has 1 N–H and O–H groups in total. The Hall–Kier alpha value is -4.04. The van der Waals surface area contributed by atoms with E-state index >= 15 is 0 Å². The number of hydrogen-bond donors (Lipinski definition) is 1. The predicted octanol–water partition coefficient (Wildman–Crippen LogP) is 4.73. The van der Waals surface area contributed by atoms with E-state index in [2.05, 4.69) is 27.4 Å². The highest BCUT2D eigenvalue weighted by atomic mass is 19.3. The Kier molecular flexibility index (Phi) is 7.13. The molecule has 0 unspecified atom stereocenters. The van der Waals surface area contributed by atoms with Crippen LogP contribution in [-0.4, -0.2) is 69.5 Å². The van der Waals surface area contributed by atoms with Crippen LogP contribution in [0.4, 0.5) is 14.7 Å². The van der Waals surface area contributed by atoms with E-state index in [0.29, 0.717) is 54.8 Å². The summed E-state index contributed by atoms with van der Waals surface area (Å²) in [5, 5.41) is 12.6. The first-order valence-electron chi connectivity index (χ1n) is 14.5. The average molecular weight is 576 g/mol. The zero-order valence-electron chi connectivity index (χ0n) is 24.2. The van der Waals surface area contributed by atoms with Crippen LogP contribution in [0.15, 0.2) is 36.8 Å². The minimum absolute atomic E-state index is 0.101. The van der Waals surface area contributed by atoms with Gasteiger partial charge in [0, 0.05) is 55.8 Å². The van der Waals surface area contributed by atoms with Crippen molar-refractivity contribution in [1.29, 1.82) is 5.26 Å². The topological polar surface area (TPSA) is 99.3 Å². The van der Waals surface area contributed by atoms with Crippen molar-refractivity contribution < 1.29 is 18.3 Å². The molecule has 220 valence electrons. The lowest BCUT2D eigenvalue weighted by atomic mass is 9.60. The minimum atomic E-state index is -2.67. The Morgan fingerprint density at radius 3 is 2.60 bits per heavy atom. The van der Waals surface area contributed by atoms with Crippen LogP contribution in [-0.2, 0) is 18.5 Å². The highest BCUT2D eigenvalue weighted by molar-refractivity contribution is 5.98. The number of alkyl halides is 2. The van der Waals surface area contributed by atoms with E-state index in [0.717, 1.165) is 36.0 Å². The zero-order chi connectivity index (χ0) is 29.6. The van der Waals surface area contributed by atoms with Crippen LogP contribution in [0.5, 0.6) is 5.75 Å². The number of nitrogens with zero attached hydrogens (tertiary/aromatic N) is 6. The number of likely N-dealkylation sites (tertiary alicyclic amines) is 1. The van der Waals surface area contributed by atoms with E-state index in [9.17, 15) is 18.8 Å². The molecule has 11 heteroatoms. The summed E-state index contributed by atoms with van der Waals surface area (Å²) in [6.45, 7) is 5.08. The number of carbonyl (C=O) groups is 1. The third kappa shape index (κ3) is 4.87. The number of halogens is 2. The van der Waals surface area contributed by atoms with Crippen molar-refractivity contribution in [2.75, 3.05) is 38.6 Å². The van der Waals surface area contributed by atoms with Crippen molar-refractivity contribution >= 4 is 11.9 Å². The number of rotatable bonds is 9. The van der Waals surface area contributed by atoms with Gasteiger partial charge in [0.2, 0.25) is 5.95 Å². The highest BCUT2D eigenvalue weighted by Crippen LogP contribution is 2.51. The average Bonchev–Trinajstić information content (AvgIpc) is 3.38. The Bertz CT molecular complexity index is 1550. The van der Waals surface area contributed by atoms with Crippen LogP contribution < -0.4 is 10.1 Å². The summed E-state index contributed by atoms with van der Waals surface area (Å²) in [5.74, 6) is -1.61. The summed E-state index contributed by atoms with van der Waals surface area (Å²) in [4.78, 5) is 26.9. The van der Waals surface area contributed by atoms with Gasteiger partial charge in [-0.1, -0.05) is 12.5 Å². The molecule has 2 fully saturated rings. The second-order valence-electron chi connectivity index (χ2n) is 11.7. The van der Waals surface area contributed by atoms with Crippen LogP contribution in [0.25, 0.3) is 0 Å². The summed E-state index contributed by atoms with van der Waals surface area (Å²) in [7, 11) is 1.80. The maximum absolute atomic E-state index is 14.3. The SMILES string of the molecule is CCOc1cc([C@H](C)N2CC3(CCC3)c3c(CN4CC(F)(F)C4)cc(Cn4ccnc4NC)cc3C2=O)ncc1C#N. The molecule has 2 aliphatic heterocycles. The van der Waals surface area contributed by atoms with Gasteiger partial charge in [0.05, 0.1) is 38.0 Å². The molecule has 0 bridgehead atoms. The van der Waals surface area contributed by atoms with E-state index in [-0.39, 0.29) is 30.5 Å². The fourth-order valence-electron chi connectivity index (χ4n) is 6.76. The standard InChI is InChI=1S/C31H35F2N7O2/c1-4-42-26-12-25(37-14-23(26)13-34)20(2)40-17-30(6-5-7-30)27-22(16-38-18-31(32,33)19-38)10-21(11-24(27)28(40)41)15-39-9-8-36-29(39)35-3/h8-12,14,20H,4-7,15-19H2,1-3H3,(H,35,36)/t20-/m0/s1. The molecule has 9 nitrogen and oxygen atoms in total. The maximum atomic E-state index is 14.3. The molecular formula is C31H35F2N7O2. The van der Waals surface area contributed by atoms with Gasteiger partial charge in [-0.3, -0.25) is 14.7 Å². The van der Waals surface area contributed by atoms with E-state index < -0.39 is 5.92 Å². The third-order valence-electron chi connectivity index (χ3n) is 8.88. The summed E-state index contributed by atoms with van der Waals surface area (Å²) >= 11 is 0. The summed E-state index contributed by atoms with van der Waals surface area (Å²) in [6.07, 6.45) is 7.99. The molecule has 4 heterocycles. The lowest BCUT2D eigenvalue weighted by Gasteiger charge is -2.52. The van der Waals surface area contributed by atoms with Crippen molar-refractivity contribution in [2.45, 2.75) is 63.6 Å². The summed E-state index contributed by atoms with van der Waals surface area (Å²) < 4.78 is 35.3. The van der Waals surface area contributed by atoms with E-state index in [1.165, 1.54) is 6.20 Å². The van der Waals surface area contributed by atoms with Crippen LogP contribution in [0.3, 0.4) is 0 Å². The van der Waals surface area contributed by atoms with Gasteiger partial charge in [0.15, 0.2) is 0 Å². The Balaban J connectivity index is 1.41. The number of nitrogens with one attached hydrogen (secondary N) is 1. The zero-order valence-corrected chi connectivity index (χ0v) is 24.2. The van der Waals surface area contributed by atoms with E-state index in [4.69, 9.17) is 4.74 Å². The van der Waals surface area contributed by atoms with Crippen molar-refractivity contribution in [3.63, 3.8) is 0 Å². The van der Waals surface area contributed by atoms with E-state index in [1.807, 2.05) is 35.6 Å². The summed E-state index contributed by atoms with van der Waals surface area (Å²) in [6, 6.07) is 7.58. The smallest absolute Gasteiger partial charge is 0.272 e. The third-order valence-corrected chi connectivity index (χ3v) is 8.88. The van der Waals surface area contributed by atoms with Gasteiger partial charge in [-0.25, -0.2) is 13.8 Å². The number of carbonyl (C=O) groups excluding carboxylic acids is 1. The minimum Gasteiger partial charge on any atom is -0.492 e. The molecule has 1 saturated carbocycles. The van der Waals surface area contributed by atoms with Crippen LogP contribution >= 0.6 is 0 Å². The molecule has 42 heavy (non-hydrogen) atoms. The number of hydrogen-bond acceptors (Lipinski definition) is 7. The van der Waals surface area contributed by atoms with Gasteiger partial charge in [0.25, 0.3) is 11.8 Å². The number of anilines is 1. The number of benzene rings is 1. The number of aromatic nitrogens is 3. The lowest BCUT2D eigenvalue weighted by Crippen LogP contribution is -2.57. The molecule has 1 amide bonds. The summed E-state index contributed by atoms with van der Waals surface area (Å²) in [5.41, 5.74) is 4.29. The molecule has 0 radical (unpaired) electrons. The van der Waals surface area contributed by atoms with Gasteiger partial charge < -0.3 is 19.5 Å². The molecule has 3 aromatic rings. The quantitative estimate of drug-likeness (QED) is 0.394. The normalized spacial score (nSPS) is 19.4. The molecular weight excluding hydrogens is 540 g/mol. The molecule has 1 spiro atoms. The number of fused-ring (bicyclic) bond motifs is 2. The van der Waals surface area contributed by atoms with Gasteiger partial charge in [-0.2, -0.15) is 5.26 Å². The van der Waals surface area contributed by atoms with Gasteiger partial charge in [-0.05, 0) is 49.4 Å². The number of imidazole rings is 1. The highest BCUT2D eigenvalue weighted by Gasteiger charge is 2.50. The first-order chi connectivity index (χ1) is 20.2. The van der Waals surface area contributed by atoms with Crippen molar-refractivity contribution in [3.05, 3.63) is 70.3 Å². The second-order valence-corrected chi connectivity index (χ2v) is 11.7. The first-order valence-corrected chi connectivity index (χ1v) is 14.5. The number of ether oxygens (including phenoxy) is 1. The first kappa shape index (κ1) is 28.1. The largest absolute Gasteiger partial charge is 0.492 e. The van der Waals surface area contributed by atoms with Crippen LogP contribution in [0.1, 0.15) is 77.5 Å². The second kappa shape index (κ2) is 10.7. The Morgan fingerprint density at radius 2 is 1.95 bits per heavy atom. The monoisotopic (exact) mass is 575 g/mol. The van der Waals surface area contributed by atoms with Gasteiger partial charge in [0.1, 0.15) is 17.4 Å². The van der Waals surface area contributed by atoms with E-state index in [1.54, 1.807) is 24.2 Å².